The van der Waals surface area contributed by atoms with Crippen molar-refractivity contribution >= 4 is 41.5 Å². The number of rotatable bonds is 4. The van der Waals surface area contributed by atoms with E-state index in [-0.39, 0.29) is 18.3 Å². The number of benzene rings is 1. The molecule has 90 valence electrons. The third kappa shape index (κ3) is 4.58. The van der Waals surface area contributed by atoms with Crippen molar-refractivity contribution in [1.82, 2.24) is 10.6 Å². The van der Waals surface area contributed by atoms with Crippen molar-refractivity contribution in [2.45, 2.75) is 0 Å². The molecule has 0 saturated carbocycles. The van der Waals surface area contributed by atoms with E-state index in [0.717, 1.165) is 0 Å². The number of amides is 1. The highest BCUT2D eigenvalue weighted by atomic mass is 35.5. The number of hydrogen-bond acceptors (Lipinski definition) is 2. The van der Waals surface area contributed by atoms with E-state index in [1.54, 1.807) is 18.2 Å². The van der Waals surface area contributed by atoms with Gasteiger partial charge in [-0.1, -0.05) is 23.2 Å². The molecule has 6 heteroatoms. The smallest absolute Gasteiger partial charge is 0.252 e. The Morgan fingerprint density at radius 2 is 2.00 bits per heavy atom. The first-order valence-electron chi connectivity index (χ1n) is 4.53. The molecule has 0 bridgehead atoms. The van der Waals surface area contributed by atoms with E-state index in [1.165, 1.54) is 0 Å². The molecule has 1 rings (SSSR count). The molecule has 1 aromatic carbocycles. The summed E-state index contributed by atoms with van der Waals surface area (Å²) in [5, 5.41) is 6.55. The second-order valence-corrected chi connectivity index (χ2v) is 3.83. The van der Waals surface area contributed by atoms with Gasteiger partial charge in [0.25, 0.3) is 5.91 Å². The van der Waals surface area contributed by atoms with Crippen molar-refractivity contribution in [1.29, 1.82) is 0 Å². The second kappa shape index (κ2) is 7.74. The number of likely N-dealkylation sites (N-methyl/N-ethyl adjacent to an activating group) is 1. The lowest BCUT2D eigenvalue weighted by atomic mass is 10.2. The van der Waals surface area contributed by atoms with E-state index in [1.807, 2.05) is 7.05 Å². The van der Waals surface area contributed by atoms with Crippen LogP contribution in [0.15, 0.2) is 18.2 Å². The van der Waals surface area contributed by atoms with Gasteiger partial charge in [-0.15, -0.1) is 12.4 Å². The third-order valence-corrected chi connectivity index (χ3v) is 2.40. The Labute approximate surface area is 111 Å². The van der Waals surface area contributed by atoms with Gasteiger partial charge in [0.15, 0.2) is 0 Å². The predicted octanol–water partition coefficient (Wildman–Crippen LogP) is 2.36. The lowest BCUT2D eigenvalue weighted by molar-refractivity contribution is 0.0954. The molecule has 3 nitrogen and oxygen atoms in total. The van der Waals surface area contributed by atoms with Gasteiger partial charge in [0.2, 0.25) is 0 Å². The summed E-state index contributed by atoms with van der Waals surface area (Å²) in [6.07, 6.45) is 0. The van der Waals surface area contributed by atoms with Crippen LogP contribution in [0, 0.1) is 0 Å². The number of hydrogen-bond donors (Lipinski definition) is 2. The fourth-order valence-electron chi connectivity index (χ4n) is 1.07. The Hall–Kier alpha value is -0.480. The van der Waals surface area contributed by atoms with E-state index in [9.17, 15) is 4.79 Å². The van der Waals surface area contributed by atoms with E-state index in [4.69, 9.17) is 23.2 Å². The first kappa shape index (κ1) is 15.5. The minimum atomic E-state index is -0.210. The van der Waals surface area contributed by atoms with E-state index < -0.39 is 0 Å². The third-order valence-electron chi connectivity index (χ3n) is 1.83. The molecule has 0 aliphatic carbocycles. The lowest BCUT2D eigenvalue weighted by Crippen LogP contribution is -2.30. The zero-order chi connectivity index (χ0) is 11.3. The van der Waals surface area contributed by atoms with Crippen LogP contribution in [0.3, 0.4) is 0 Å². The molecule has 0 atom stereocenters. The van der Waals surface area contributed by atoms with Gasteiger partial charge in [0.1, 0.15) is 0 Å². The van der Waals surface area contributed by atoms with Crippen molar-refractivity contribution in [3.8, 4) is 0 Å². The van der Waals surface area contributed by atoms with Crippen molar-refractivity contribution in [2.75, 3.05) is 20.1 Å². The molecular weight excluding hydrogens is 270 g/mol. The summed E-state index contributed by atoms with van der Waals surface area (Å²) in [7, 11) is 1.82. The molecule has 0 spiro atoms. The van der Waals surface area contributed by atoms with E-state index >= 15 is 0 Å². The lowest BCUT2D eigenvalue weighted by Gasteiger charge is -2.06. The SMILES string of the molecule is CNCCNC(=O)c1cc(Cl)ccc1Cl.Cl. The van der Waals surface area contributed by atoms with Crippen LogP contribution < -0.4 is 10.6 Å². The highest BCUT2D eigenvalue weighted by Crippen LogP contribution is 2.20. The van der Waals surface area contributed by atoms with Crippen LogP contribution in [-0.2, 0) is 0 Å². The summed E-state index contributed by atoms with van der Waals surface area (Å²) in [4.78, 5) is 11.6. The van der Waals surface area contributed by atoms with Crippen LogP contribution in [0.25, 0.3) is 0 Å². The molecule has 0 aliphatic rings. The first-order chi connectivity index (χ1) is 7.15. The second-order valence-electron chi connectivity index (χ2n) is 2.98. The molecule has 0 fully saturated rings. The summed E-state index contributed by atoms with van der Waals surface area (Å²) < 4.78 is 0. The molecular formula is C10H13Cl3N2O. The predicted molar refractivity (Wildman–Crippen MR) is 70.0 cm³/mol. The molecule has 0 aliphatic heterocycles. The number of nitrogens with one attached hydrogen (secondary N) is 2. The Balaban J connectivity index is 0.00000225. The number of halogens is 3. The standard InChI is InChI=1S/C10H12Cl2N2O.ClH/c1-13-4-5-14-10(15)8-6-7(11)2-3-9(8)12;/h2-3,6,13H,4-5H2,1H3,(H,14,15);1H. The highest BCUT2D eigenvalue weighted by Gasteiger charge is 2.09. The van der Waals surface area contributed by atoms with Crippen LogP contribution >= 0.6 is 35.6 Å². The Bertz CT molecular complexity index is 358. The minimum Gasteiger partial charge on any atom is -0.351 e. The fraction of sp³-hybridized carbons (Fsp3) is 0.300. The summed E-state index contributed by atoms with van der Waals surface area (Å²) >= 11 is 11.6. The summed E-state index contributed by atoms with van der Waals surface area (Å²) in [5.41, 5.74) is 0.403. The maximum Gasteiger partial charge on any atom is 0.252 e. The van der Waals surface area contributed by atoms with Crippen molar-refractivity contribution < 1.29 is 4.79 Å². The molecule has 0 saturated heterocycles. The Morgan fingerprint density at radius 3 is 2.62 bits per heavy atom. The van der Waals surface area contributed by atoms with Gasteiger partial charge in [-0.3, -0.25) is 4.79 Å². The topological polar surface area (TPSA) is 41.1 Å². The van der Waals surface area contributed by atoms with Crippen LogP contribution in [-0.4, -0.2) is 26.0 Å². The molecule has 16 heavy (non-hydrogen) atoms. The summed E-state index contributed by atoms with van der Waals surface area (Å²) in [6.45, 7) is 1.27. The van der Waals surface area contributed by atoms with Crippen LogP contribution in [0.4, 0.5) is 0 Å². The fourth-order valence-corrected chi connectivity index (χ4v) is 1.44. The summed E-state index contributed by atoms with van der Waals surface area (Å²) in [6, 6.07) is 4.81. The highest BCUT2D eigenvalue weighted by molar-refractivity contribution is 6.35. The maximum atomic E-state index is 11.6. The largest absolute Gasteiger partial charge is 0.351 e. The van der Waals surface area contributed by atoms with Gasteiger partial charge in [-0.05, 0) is 25.2 Å². The van der Waals surface area contributed by atoms with Gasteiger partial charge in [-0.2, -0.15) is 0 Å². The zero-order valence-corrected chi connectivity index (χ0v) is 11.0. The average molecular weight is 284 g/mol. The Morgan fingerprint density at radius 1 is 1.31 bits per heavy atom. The quantitative estimate of drug-likeness (QED) is 0.833. The number of carbonyl (C=O) groups excluding carboxylic acids is 1. The molecule has 2 N–H and O–H groups in total. The van der Waals surface area contributed by atoms with Crippen LogP contribution in [0.2, 0.25) is 10.0 Å². The van der Waals surface area contributed by atoms with E-state index in [0.29, 0.717) is 28.7 Å². The van der Waals surface area contributed by atoms with E-state index in [2.05, 4.69) is 10.6 Å². The zero-order valence-electron chi connectivity index (χ0n) is 8.72. The number of carbonyl (C=O) groups is 1. The van der Waals surface area contributed by atoms with Gasteiger partial charge < -0.3 is 10.6 Å². The molecule has 0 heterocycles. The minimum absolute atomic E-state index is 0. The molecule has 0 radical (unpaired) electrons. The molecule has 0 unspecified atom stereocenters. The van der Waals surface area contributed by atoms with Crippen LogP contribution in [0.5, 0.6) is 0 Å². The summed E-state index contributed by atoms with van der Waals surface area (Å²) in [5.74, 6) is -0.210. The Kier molecular flexibility index (Phi) is 7.51. The molecule has 0 aromatic heterocycles. The van der Waals surface area contributed by atoms with Crippen molar-refractivity contribution in [3.63, 3.8) is 0 Å². The monoisotopic (exact) mass is 282 g/mol. The van der Waals surface area contributed by atoms with Crippen molar-refractivity contribution in [3.05, 3.63) is 33.8 Å². The van der Waals surface area contributed by atoms with Crippen LogP contribution in [0.1, 0.15) is 10.4 Å². The normalized spacial score (nSPS) is 9.44. The average Bonchev–Trinajstić information content (AvgIpc) is 2.22. The van der Waals surface area contributed by atoms with Gasteiger partial charge in [0.05, 0.1) is 10.6 Å². The van der Waals surface area contributed by atoms with Crippen molar-refractivity contribution in [2.24, 2.45) is 0 Å². The van der Waals surface area contributed by atoms with Gasteiger partial charge >= 0.3 is 0 Å². The molecule has 1 amide bonds. The molecule has 1 aromatic rings. The van der Waals surface area contributed by atoms with Gasteiger partial charge in [-0.25, -0.2) is 0 Å². The van der Waals surface area contributed by atoms with Gasteiger partial charge in [0, 0.05) is 18.1 Å². The first-order valence-corrected chi connectivity index (χ1v) is 5.28. The maximum absolute atomic E-state index is 11.6.